The molecule has 4 rings (SSSR count). The van der Waals surface area contributed by atoms with Crippen LogP contribution in [0.5, 0.6) is 0 Å². The number of halogens is 2. The Morgan fingerprint density at radius 1 is 1.11 bits per heavy atom. The molecule has 0 saturated carbocycles. The number of anilines is 3. The van der Waals surface area contributed by atoms with E-state index in [-0.39, 0.29) is 29.1 Å². The average molecular weight is 366 g/mol. The fourth-order valence-corrected chi connectivity index (χ4v) is 3.24. The number of carbonyl (C=O) groups is 1. The second kappa shape index (κ2) is 6.75. The molecule has 0 saturated heterocycles. The van der Waals surface area contributed by atoms with Crippen molar-refractivity contribution >= 4 is 23.1 Å². The minimum atomic E-state index is -0.737. The topological polar surface area (TPSA) is 58.1 Å². The normalized spacial score (nSPS) is 15.5. The van der Waals surface area contributed by atoms with E-state index in [0.717, 1.165) is 29.8 Å². The Hall–Kier alpha value is -3.35. The molecular weight excluding hydrogens is 350 g/mol. The molecule has 27 heavy (non-hydrogen) atoms. The van der Waals surface area contributed by atoms with Crippen LogP contribution in [-0.4, -0.2) is 22.1 Å². The Bertz CT molecular complexity index is 1010. The lowest BCUT2D eigenvalue weighted by molar-refractivity contribution is 0.0975. The van der Waals surface area contributed by atoms with E-state index >= 15 is 0 Å². The summed E-state index contributed by atoms with van der Waals surface area (Å²) in [6, 6.07) is 14.1. The number of nitrogens with zero attached hydrogens (tertiary/aromatic N) is 3. The van der Waals surface area contributed by atoms with Gasteiger partial charge in [0, 0.05) is 17.8 Å². The van der Waals surface area contributed by atoms with Gasteiger partial charge in [0.1, 0.15) is 11.6 Å². The van der Waals surface area contributed by atoms with Crippen molar-refractivity contribution in [1.82, 2.24) is 10.2 Å². The highest BCUT2D eigenvalue weighted by atomic mass is 19.1. The predicted molar refractivity (Wildman–Crippen MR) is 98.1 cm³/mol. The molecule has 5 nitrogen and oxygen atoms in total. The zero-order chi connectivity index (χ0) is 19.0. The molecule has 1 amide bonds. The molecule has 136 valence electrons. The molecule has 0 radical (unpaired) electrons. The summed E-state index contributed by atoms with van der Waals surface area (Å²) in [5, 5.41) is 10.6. The molecule has 1 aliphatic heterocycles. The van der Waals surface area contributed by atoms with Crippen LogP contribution in [0.2, 0.25) is 0 Å². The van der Waals surface area contributed by atoms with Crippen LogP contribution in [0.15, 0.2) is 54.6 Å². The van der Waals surface area contributed by atoms with Crippen molar-refractivity contribution in [3.05, 3.63) is 77.5 Å². The number of carbonyl (C=O) groups excluding carboxylic acids is 1. The number of hydrogen-bond acceptors (Lipinski definition) is 4. The molecule has 2 heterocycles. The summed E-state index contributed by atoms with van der Waals surface area (Å²) in [6.45, 7) is 1.98. The molecule has 0 fully saturated rings. The van der Waals surface area contributed by atoms with Gasteiger partial charge in [-0.15, -0.1) is 10.2 Å². The molecule has 3 aromatic rings. The molecule has 0 bridgehead atoms. The lowest BCUT2D eigenvalue weighted by atomic mass is 10.1. The zero-order valence-corrected chi connectivity index (χ0v) is 14.5. The van der Waals surface area contributed by atoms with Gasteiger partial charge in [0.2, 0.25) is 0 Å². The molecule has 1 aromatic heterocycles. The van der Waals surface area contributed by atoms with Gasteiger partial charge in [0.25, 0.3) is 5.91 Å². The number of amides is 1. The number of para-hydroxylation sites is 1. The van der Waals surface area contributed by atoms with E-state index in [1.54, 1.807) is 4.90 Å². The first-order chi connectivity index (χ1) is 13.0. The average Bonchev–Trinajstić information content (AvgIpc) is 3.00. The molecule has 0 spiro atoms. The molecule has 2 aromatic carbocycles. The number of rotatable bonds is 3. The molecule has 1 N–H and O–H groups in total. The first kappa shape index (κ1) is 17.1. The highest BCUT2D eigenvalue weighted by molar-refractivity contribution is 6.06. The highest BCUT2D eigenvalue weighted by Crippen LogP contribution is 2.32. The maximum Gasteiger partial charge on any atom is 0.279 e. The standard InChI is InChI=1S/C20H16F2N4O/c1-12-10-13-4-2-3-5-18(13)26(12)20(27)17-8-9-19(25-24-17)23-16-7-6-14(21)11-15(16)22/h2-9,11-12H,10H2,1H3,(H,23,25). The van der Waals surface area contributed by atoms with Crippen molar-refractivity contribution in [2.75, 3.05) is 10.2 Å². The molecule has 1 atom stereocenters. The third kappa shape index (κ3) is 3.23. The Morgan fingerprint density at radius 3 is 2.67 bits per heavy atom. The summed E-state index contributed by atoms with van der Waals surface area (Å²) in [5.41, 5.74) is 2.28. The third-order valence-corrected chi connectivity index (χ3v) is 4.50. The first-order valence-electron chi connectivity index (χ1n) is 8.50. The lowest BCUT2D eigenvalue weighted by Crippen LogP contribution is -2.36. The van der Waals surface area contributed by atoms with Crippen molar-refractivity contribution < 1.29 is 13.6 Å². The molecule has 1 unspecified atom stereocenters. The number of aromatic nitrogens is 2. The van der Waals surface area contributed by atoms with Crippen LogP contribution in [0.3, 0.4) is 0 Å². The monoisotopic (exact) mass is 366 g/mol. The van der Waals surface area contributed by atoms with Crippen LogP contribution < -0.4 is 10.2 Å². The van der Waals surface area contributed by atoms with E-state index in [2.05, 4.69) is 15.5 Å². The minimum Gasteiger partial charge on any atom is -0.336 e. The maximum absolute atomic E-state index is 13.7. The van der Waals surface area contributed by atoms with Crippen molar-refractivity contribution in [1.29, 1.82) is 0 Å². The van der Waals surface area contributed by atoms with E-state index in [9.17, 15) is 13.6 Å². The quantitative estimate of drug-likeness (QED) is 0.759. The Balaban J connectivity index is 1.55. The van der Waals surface area contributed by atoms with Gasteiger partial charge in [0.05, 0.1) is 5.69 Å². The first-order valence-corrected chi connectivity index (χ1v) is 8.50. The van der Waals surface area contributed by atoms with Gasteiger partial charge in [-0.1, -0.05) is 18.2 Å². The maximum atomic E-state index is 13.7. The fraction of sp³-hybridized carbons (Fsp3) is 0.150. The highest BCUT2D eigenvalue weighted by Gasteiger charge is 2.32. The van der Waals surface area contributed by atoms with Gasteiger partial charge in [-0.3, -0.25) is 4.79 Å². The Morgan fingerprint density at radius 2 is 1.93 bits per heavy atom. The van der Waals surface area contributed by atoms with Gasteiger partial charge < -0.3 is 10.2 Å². The van der Waals surface area contributed by atoms with Crippen LogP contribution in [-0.2, 0) is 6.42 Å². The fourth-order valence-electron chi connectivity index (χ4n) is 3.24. The predicted octanol–water partition coefficient (Wildman–Crippen LogP) is 4.09. The summed E-state index contributed by atoms with van der Waals surface area (Å²) in [7, 11) is 0. The summed E-state index contributed by atoms with van der Waals surface area (Å²) in [6.07, 6.45) is 0.791. The Labute approximate surface area is 154 Å². The van der Waals surface area contributed by atoms with Gasteiger partial charge in [0.15, 0.2) is 11.5 Å². The second-order valence-electron chi connectivity index (χ2n) is 6.41. The van der Waals surface area contributed by atoms with Gasteiger partial charge in [-0.25, -0.2) is 8.78 Å². The SMILES string of the molecule is CC1Cc2ccccc2N1C(=O)c1ccc(Nc2ccc(F)cc2F)nn1. The summed E-state index contributed by atoms with van der Waals surface area (Å²) < 4.78 is 26.7. The minimum absolute atomic E-state index is 0.0304. The van der Waals surface area contributed by atoms with Crippen LogP contribution in [0.25, 0.3) is 0 Å². The number of hydrogen-bond donors (Lipinski definition) is 1. The van der Waals surface area contributed by atoms with Gasteiger partial charge in [-0.05, 0) is 49.2 Å². The van der Waals surface area contributed by atoms with E-state index in [0.29, 0.717) is 0 Å². The van der Waals surface area contributed by atoms with Gasteiger partial charge in [-0.2, -0.15) is 0 Å². The molecule has 0 aliphatic carbocycles. The number of fused-ring (bicyclic) bond motifs is 1. The number of benzene rings is 2. The second-order valence-corrected chi connectivity index (χ2v) is 6.41. The Kier molecular flexibility index (Phi) is 4.27. The van der Waals surface area contributed by atoms with Crippen molar-refractivity contribution in [2.45, 2.75) is 19.4 Å². The molecule has 7 heteroatoms. The smallest absolute Gasteiger partial charge is 0.279 e. The van der Waals surface area contributed by atoms with Crippen LogP contribution in [0.1, 0.15) is 23.0 Å². The third-order valence-electron chi connectivity index (χ3n) is 4.50. The zero-order valence-electron chi connectivity index (χ0n) is 14.5. The van der Waals surface area contributed by atoms with Crippen LogP contribution >= 0.6 is 0 Å². The van der Waals surface area contributed by atoms with Crippen LogP contribution in [0.4, 0.5) is 26.0 Å². The molecular formula is C20H16F2N4O. The van der Waals surface area contributed by atoms with Crippen molar-refractivity contribution in [3.63, 3.8) is 0 Å². The van der Waals surface area contributed by atoms with E-state index in [1.807, 2.05) is 31.2 Å². The largest absolute Gasteiger partial charge is 0.336 e. The van der Waals surface area contributed by atoms with Crippen molar-refractivity contribution in [3.8, 4) is 0 Å². The lowest BCUT2D eigenvalue weighted by Gasteiger charge is -2.22. The summed E-state index contributed by atoms with van der Waals surface area (Å²) in [4.78, 5) is 14.6. The van der Waals surface area contributed by atoms with Gasteiger partial charge >= 0.3 is 0 Å². The summed E-state index contributed by atoms with van der Waals surface area (Å²) in [5.74, 6) is -1.38. The molecule has 1 aliphatic rings. The number of nitrogens with one attached hydrogen (secondary N) is 1. The van der Waals surface area contributed by atoms with Crippen LogP contribution in [0, 0.1) is 11.6 Å². The van der Waals surface area contributed by atoms with Crippen molar-refractivity contribution in [2.24, 2.45) is 0 Å². The summed E-state index contributed by atoms with van der Waals surface area (Å²) >= 11 is 0. The van der Waals surface area contributed by atoms with E-state index < -0.39 is 11.6 Å². The van der Waals surface area contributed by atoms with E-state index in [4.69, 9.17) is 0 Å². The van der Waals surface area contributed by atoms with E-state index in [1.165, 1.54) is 18.2 Å².